The van der Waals surface area contributed by atoms with Gasteiger partial charge in [-0.3, -0.25) is 9.59 Å². The van der Waals surface area contributed by atoms with Gasteiger partial charge in [0.1, 0.15) is 0 Å². The fourth-order valence-corrected chi connectivity index (χ4v) is 3.16. The number of urea groups is 1. The van der Waals surface area contributed by atoms with Crippen molar-refractivity contribution in [2.45, 2.75) is 0 Å². The molecule has 1 fully saturated rings. The Balaban J connectivity index is 1.55. The number of hydrogen-bond acceptors (Lipinski definition) is 5. The van der Waals surface area contributed by atoms with Crippen molar-refractivity contribution in [1.82, 2.24) is 4.90 Å². The zero-order valence-electron chi connectivity index (χ0n) is 16.8. The molecule has 9 nitrogen and oxygen atoms in total. The molecule has 0 aliphatic carbocycles. The van der Waals surface area contributed by atoms with E-state index < -0.39 is 6.03 Å². The first-order valence-corrected chi connectivity index (χ1v) is 9.57. The first kappa shape index (κ1) is 21.1. The fourth-order valence-electron chi connectivity index (χ4n) is 3.16. The maximum absolute atomic E-state index is 12.6. The van der Waals surface area contributed by atoms with E-state index in [-0.39, 0.29) is 18.4 Å². The van der Waals surface area contributed by atoms with Crippen LogP contribution in [0.3, 0.4) is 0 Å². The number of nitrogens with two attached hydrogens (primary N) is 1. The molecule has 0 spiro atoms. The minimum Gasteiger partial charge on any atom is -0.378 e. The minimum absolute atomic E-state index is 0.114. The molecule has 4 N–H and O–H groups in total. The van der Waals surface area contributed by atoms with Gasteiger partial charge in [-0.1, -0.05) is 6.07 Å². The Morgan fingerprint density at radius 3 is 2.40 bits per heavy atom. The Hall–Kier alpha value is -3.59. The van der Waals surface area contributed by atoms with Crippen LogP contribution >= 0.6 is 0 Å². The monoisotopic (exact) mass is 411 g/mol. The number of amides is 4. The molecule has 1 saturated heterocycles. The van der Waals surface area contributed by atoms with Crippen LogP contribution in [0.1, 0.15) is 10.4 Å². The normalized spacial score (nSPS) is 13.4. The van der Waals surface area contributed by atoms with Gasteiger partial charge >= 0.3 is 6.03 Å². The van der Waals surface area contributed by atoms with E-state index in [1.54, 1.807) is 18.2 Å². The second-order valence-electron chi connectivity index (χ2n) is 6.93. The molecule has 0 aromatic heterocycles. The Morgan fingerprint density at radius 1 is 1.03 bits per heavy atom. The van der Waals surface area contributed by atoms with Crippen molar-refractivity contribution in [3.05, 3.63) is 54.1 Å². The van der Waals surface area contributed by atoms with Crippen molar-refractivity contribution < 1.29 is 19.1 Å². The second kappa shape index (κ2) is 9.75. The van der Waals surface area contributed by atoms with E-state index in [1.165, 1.54) is 18.0 Å². The van der Waals surface area contributed by atoms with Gasteiger partial charge in [-0.05, 0) is 42.5 Å². The summed E-state index contributed by atoms with van der Waals surface area (Å²) in [7, 11) is 1.54. The molecular weight excluding hydrogens is 386 g/mol. The molecule has 0 bridgehead atoms. The highest BCUT2D eigenvalue weighted by molar-refractivity contribution is 6.00. The summed E-state index contributed by atoms with van der Waals surface area (Å²) in [5.74, 6) is -0.655. The van der Waals surface area contributed by atoms with E-state index in [9.17, 15) is 14.4 Å². The first-order chi connectivity index (χ1) is 14.4. The van der Waals surface area contributed by atoms with Gasteiger partial charge in [0.25, 0.3) is 5.91 Å². The average Bonchev–Trinajstić information content (AvgIpc) is 2.74. The van der Waals surface area contributed by atoms with E-state index >= 15 is 0 Å². The van der Waals surface area contributed by atoms with Crippen LogP contribution < -0.4 is 21.3 Å². The number of benzene rings is 2. The number of likely N-dealkylation sites (N-methyl/N-ethyl adjacent to an activating group) is 1. The summed E-state index contributed by atoms with van der Waals surface area (Å²) in [5, 5.41) is 5.22. The molecule has 2 aromatic rings. The zero-order valence-corrected chi connectivity index (χ0v) is 16.8. The molecular formula is C21H25N5O4. The molecule has 2 aromatic carbocycles. The predicted molar refractivity (Wildman–Crippen MR) is 115 cm³/mol. The number of carbonyl (C=O) groups excluding carboxylic acids is 3. The second-order valence-corrected chi connectivity index (χ2v) is 6.93. The van der Waals surface area contributed by atoms with Gasteiger partial charge in [0, 0.05) is 42.8 Å². The third kappa shape index (κ3) is 5.71. The highest BCUT2D eigenvalue weighted by Crippen LogP contribution is 2.19. The smallest absolute Gasteiger partial charge is 0.316 e. The van der Waals surface area contributed by atoms with Crippen molar-refractivity contribution in [3.63, 3.8) is 0 Å². The summed E-state index contributed by atoms with van der Waals surface area (Å²) in [6, 6.07) is 13.2. The Morgan fingerprint density at radius 2 is 1.73 bits per heavy atom. The van der Waals surface area contributed by atoms with Crippen molar-refractivity contribution in [3.8, 4) is 0 Å². The number of morpholine rings is 1. The topological polar surface area (TPSA) is 117 Å². The maximum atomic E-state index is 12.6. The SMILES string of the molecule is CN(CC(=O)Nc1ccc(N2CCOCC2)cc1)C(=O)c1cccc(NC(N)=O)c1. The predicted octanol–water partition coefficient (Wildman–Crippen LogP) is 1.72. The molecule has 30 heavy (non-hydrogen) atoms. The van der Waals surface area contributed by atoms with Crippen LogP contribution in [0.25, 0.3) is 0 Å². The van der Waals surface area contributed by atoms with E-state index in [1.807, 2.05) is 24.3 Å². The molecule has 9 heteroatoms. The average molecular weight is 411 g/mol. The molecule has 158 valence electrons. The summed E-state index contributed by atoms with van der Waals surface area (Å²) in [6.07, 6.45) is 0. The summed E-state index contributed by atoms with van der Waals surface area (Å²) in [6.45, 7) is 2.99. The Labute approximate surface area is 174 Å². The number of hydrogen-bond donors (Lipinski definition) is 3. The number of nitrogens with one attached hydrogen (secondary N) is 2. The summed E-state index contributed by atoms with van der Waals surface area (Å²) >= 11 is 0. The first-order valence-electron chi connectivity index (χ1n) is 9.57. The maximum Gasteiger partial charge on any atom is 0.316 e. The van der Waals surface area contributed by atoms with E-state index in [0.717, 1.165) is 18.8 Å². The van der Waals surface area contributed by atoms with Gasteiger partial charge in [-0.25, -0.2) is 4.79 Å². The lowest BCUT2D eigenvalue weighted by atomic mass is 10.1. The van der Waals surface area contributed by atoms with Gasteiger partial charge in [-0.2, -0.15) is 0 Å². The summed E-state index contributed by atoms with van der Waals surface area (Å²) in [5.41, 5.74) is 7.58. The quantitative estimate of drug-likeness (QED) is 0.669. The van der Waals surface area contributed by atoms with Crippen molar-refractivity contribution in [1.29, 1.82) is 0 Å². The van der Waals surface area contributed by atoms with E-state index in [2.05, 4.69) is 15.5 Å². The lowest BCUT2D eigenvalue weighted by Crippen LogP contribution is -2.36. The largest absolute Gasteiger partial charge is 0.378 e. The van der Waals surface area contributed by atoms with Gasteiger partial charge in [-0.15, -0.1) is 0 Å². The molecule has 1 heterocycles. The van der Waals surface area contributed by atoms with Crippen LogP contribution in [0, 0.1) is 0 Å². The zero-order chi connectivity index (χ0) is 21.5. The fraction of sp³-hybridized carbons (Fsp3) is 0.286. The number of nitrogens with zero attached hydrogens (tertiary/aromatic N) is 2. The van der Waals surface area contributed by atoms with Crippen LogP contribution in [0.5, 0.6) is 0 Å². The van der Waals surface area contributed by atoms with Crippen LogP contribution in [-0.4, -0.2) is 62.6 Å². The lowest BCUT2D eigenvalue weighted by Gasteiger charge is -2.28. The number of rotatable bonds is 6. The molecule has 1 aliphatic rings. The van der Waals surface area contributed by atoms with E-state index in [0.29, 0.717) is 30.2 Å². The number of primary amides is 1. The highest BCUT2D eigenvalue weighted by Gasteiger charge is 2.16. The summed E-state index contributed by atoms with van der Waals surface area (Å²) in [4.78, 5) is 39.4. The van der Waals surface area contributed by atoms with Gasteiger partial charge < -0.3 is 30.9 Å². The Kier molecular flexibility index (Phi) is 6.87. The molecule has 0 radical (unpaired) electrons. The molecule has 3 rings (SSSR count). The Bertz CT molecular complexity index is 910. The van der Waals surface area contributed by atoms with Crippen molar-refractivity contribution >= 4 is 34.9 Å². The third-order valence-electron chi connectivity index (χ3n) is 4.63. The summed E-state index contributed by atoms with van der Waals surface area (Å²) < 4.78 is 5.35. The highest BCUT2D eigenvalue weighted by atomic mass is 16.5. The van der Waals surface area contributed by atoms with Gasteiger partial charge in [0.05, 0.1) is 19.8 Å². The minimum atomic E-state index is -0.716. The van der Waals surface area contributed by atoms with Crippen LogP contribution in [0.15, 0.2) is 48.5 Å². The van der Waals surface area contributed by atoms with Crippen molar-refractivity contribution in [2.75, 3.05) is 55.4 Å². The molecule has 0 saturated carbocycles. The van der Waals surface area contributed by atoms with Gasteiger partial charge in [0.2, 0.25) is 5.91 Å². The van der Waals surface area contributed by atoms with E-state index in [4.69, 9.17) is 10.5 Å². The third-order valence-corrected chi connectivity index (χ3v) is 4.63. The van der Waals surface area contributed by atoms with Crippen LogP contribution in [0.2, 0.25) is 0 Å². The standard InChI is InChI=1S/C21H25N5O4/c1-25(20(28)15-3-2-4-17(13-15)24-21(22)29)14-19(27)23-16-5-7-18(8-6-16)26-9-11-30-12-10-26/h2-8,13H,9-12,14H2,1H3,(H,23,27)(H3,22,24,29). The molecule has 4 amide bonds. The molecule has 1 aliphatic heterocycles. The molecule has 0 unspecified atom stereocenters. The van der Waals surface area contributed by atoms with Crippen molar-refractivity contribution in [2.24, 2.45) is 5.73 Å². The number of anilines is 3. The number of carbonyl (C=O) groups is 3. The molecule has 0 atom stereocenters. The number of ether oxygens (including phenoxy) is 1. The van der Waals surface area contributed by atoms with Crippen LogP contribution in [0.4, 0.5) is 21.9 Å². The lowest BCUT2D eigenvalue weighted by molar-refractivity contribution is -0.116. The van der Waals surface area contributed by atoms with Crippen LogP contribution in [-0.2, 0) is 9.53 Å². The van der Waals surface area contributed by atoms with Gasteiger partial charge in [0.15, 0.2) is 0 Å².